The Hall–Kier alpha value is -3.16. The van der Waals surface area contributed by atoms with Gasteiger partial charge >= 0.3 is 5.97 Å². The van der Waals surface area contributed by atoms with Crippen LogP contribution < -0.4 is 0 Å². The lowest BCUT2D eigenvalue weighted by atomic mass is 10.0. The second-order valence-corrected chi connectivity index (χ2v) is 7.69. The normalized spacial score (nSPS) is 11.9. The third-order valence-electron chi connectivity index (χ3n) is 4.30. The molecular weight excluding hydrogens is 408 g/mol. The quantitative estimate of drug-likeness (QED) is 0.445. The van der Waals surface area contributed by atoms with Crippen LogP contribution in [0, 0.1) is 0 Å². The van der Waals surface area contributed by atoms with E-state index in [2.05, 4.69) is 27.7 Å². The van der Waals surface area contributed by atoms with Crippen molar-refractivity contribution in [2.24, 2.45) is 0 Å². The summed E-state index contributed by atoms with van der Waals surface area (Å²) in [5.74, 6) is -0.977. The molecule has 1 heterocycles. The number of hydrogen-bond donors (Lipinski definition) is 1. The summed E-state index contributed by atoms with van der Waals surface area (Å²) < 4.78 is 1.60. The van der Waals surface area contributed by atoms with Crippen LogP contribution in [-0.4, -0.2) is 31.3 Å². The summed E-state index contributed by atoms with van der Waals surface area (Å²) in [7, 11) is 0. The molecule has 4 aromatic rings. The highest BCUT2D eigenvalue weighted by Gasteiger charge is 2.20. The van der Waals surface area contributed by atoms with Gasteiger partial charge in [-0.1, -0.05) is 65.8 Å². The molecule has 144 valence electrons. The molecule has 0 saturated heterocycles. The Morgan fingerprint density at radius 2 is 1.59 bits per heavy atom. The minimum atomic E-state index is -0.977. The molecule has 29 heavy (non-hydrogen) atoms. The first-order chi connectivity index (χ1) is 14.1. The number of tetrazole rings is 1. The Bertz CT molecular complexity index is 1120. The number of halogens is 1. The number of aromatic carboxylic acids is 1. The highest BCUT2D eigenvalue weighted by Crippen LogP contribution is 2.40. The van der Waals surface area contributed by atoms with Crippen molar-refractivity contribution in [3.05, 3.63) is 101 Å². The smallest absolute Gasteiger partial charge is 0.335 e. The first kappa shape index (κ1) is 19.2. The van der Waals surface area contributed by atoms with E-state index in [0.717, 1.165) is 11.1 Å². The molecule has 0 bridgehead atoms. The molecule has 0 fully saturated rings. The Morgan fingerprint density at radius 3 is 2.24 bits per heavy atom. The van der Waals surface area contributed by atoms with Crippen LogP contribution in [-0.2, 0) is 0 Å². The molecule has 0 aliphatic heterocycles. The van der Waals surface area contributed by atoms with Crippen molar-refractivity contribution in [2.45, 2.75) is 10.4 Å². The van der Waals surface area contributed by atoms with Crippen molar-refractivity contribution in [1.82, 2.24) is 20.2 Å². The zero-order valence-corrected chi connectivity index (χ0v) is 16.6. The summed E-state index contributed by atoms with van der Waals surface area (Å²) in [6, 6.07) is 24.2. The topological polar surface area (TPSA) is 80.9 Å². The molecule has 1 N–H and O–H groups in total. The first-order valence-corrected chi connectivity index (χ1v) is 9.97. The van der Waals surface area contributed by atoms with Crippen LogP contribution in [0.5, 0.6) is 0 Å². The van der Waals surface area contributed by atoms with Gasteiger partial charge in [0.25, 0.3) is 0 Å². The molecule has 8 heteroatoms. The van der Waals surface area contributed by atoms with Gasteiger partial charge in [-0.3, -0.25) is 0 Å². The standard InChI is InChI=1S/C21H15ClN4O2S/c22-17-10-6-15(7-11-17)19(14-4-2-1-3-5-14)29-21-23-24-25-26(21)18-12-8-16(9-13-18)20(27)28/h1-13,19H,(H,27,28)/t19-/m1/s1. The predicted molar refractivity (Wildman–Crippen MR) is 112 cm³/mol. The first-order valence-electron chi connectivity index (χ1n) is 8.71. The number of carboxylic acids is 1. The number of carboxylic acid groups (broad SMARTS) is 1. The molecule has 0 amide bonds. The zero-order chi connectivity index (χ0) is 20.2. The van der Waals surface area contributed by atoms with E-state index in [1.165, 1.54) is 23.9 Å². The van der Waals surface area contributed by atoms with Crippen LogP contribution in [0.25, 0.3) is 5.69 Å². The number of carbonyl (C=O) groups is 1. The van der Waals surface area contributed by atoms with Gasteiger partial charge in [0, 0.05) is 5.02 Å². The lowest BCUT2D eigenvalue weighted by Gasteiger charge is -2.17. The van der Waals surface area contributed by atoms with Crippen LogP contribution in [0.3, 0.4) is 0 Å². The number of nitrogens with zero attached hydrogens (tertiary/aromatic N) is 4. The fourth-order valence-corrected chi connectivity index (χ4v) is 4.11. The average molecular weight is 423 g/mol. The van der Waals surface area contributed by atoms with Gasteiger partial charge in [0.2, 0.25) is 5.16 Å². The Morgan fingerprint density at radius 1 is 0.931 bits per heavy atom. The van der Waals surface area contributed by atoms with E-state index in [1.807, 2.05) is 42.5 Å². The molecule has 4 rings (SSSR count). The molecule has 1 aromatic heterocycles. The Labute approximate surface area is 176 Å². The van der Waals surface area contributed by atoms with Gasteiger partial charge in [0.05, 0.1) is 16.5 Å². The zero-order valence-electron chi connectivity index (χ0n) is 15.0. The maximum absolute atomic E-state index is 11.1. The van der Waals surface area contributed by atoms with Gasteiger partial charge in [0.15, 0.2) is 0 Å². The van der Waals surface area contributed by atoms with E-state index >= 15 is 0 Å². The van der Waals surface area contributed by atoms with Crippen molar-refractivity contribution < 1.29 is 9.90 Å². The van der Waals surface area contributed by atoms with E-state index in [9.17, 15) is 4.79 Å². The highest BCUT2D eigenvalue weighted by atomic mass is 35.5. The fourth-order valence-electron chi connectivity index (χ4n) is 2.86. The molecule has 0 saturated carbocycles. The van der Waals surface area contributed by atoms with Crippen molar-refractivity contribution in [1.29, 1.82) is 0 Å². The minimum absolute atomic E-state index is 0.0449. The van der Waals surface area contributed by atoms with E-state index in [1.54, 1.807) is 16.8 Å². The number of aromatic nitrogens is 4. The largest absolute Gasteiger partial charge is 0.478 e. The molecule has 0 aliphatic carbocycles. The van der Waals surface area contributed by atoms with E-state index in [4.69, 9.17) is 16.7 Å². The molecule has 0 aliphatic rings. The molecule has 3 aromatic carbocycles. The van der Waals surface area contributed by atoms with Gasteiger partial charge in [-0.15, -0.1) is 5.10 Å². The number of thioether (sulfide) groups is 1. The summed E-state index contributed by atoms with van der Waals surface area (Å²) in [5.41, 5.74) is 3.07. The molecule has 6 nitrogen and oxygen atoms in total. The van der Waals surface area contributed by atoms with Gasteiger partial charge < -0.3 is 5.11 Å². The van der Waals surface area contributed by atoms with Gasteiger partial charge in [0.1, 0.15) is 0 Å². The minimum Gasteiger partial charge on any atom is -0.478 e. The summed E-state index contributed by atoms with van der Waals surface area (Å²) >= 11 is 7.57. The van der Waals surface area contributed by atoms with Crippen LogP contribution in [0.4, 0.5) is 0 Å². The van der Waals surface area contributed by atoms with Crippen molar-refractivity contribution in [3.8, 4) is 5.69 Å². The Kier molecular flexibility index (Phi) is 5.59. The van der Waals surface area contributed by atoms with E-state index < -0.39 is 5.97 Å². The van der Waals surface area contributed by atoms with Crippen molar-refractivity contribution in [2.75, 3.05) is 0 Å². The second-order valence-electron chi connectivity index (χ2n) is 6.19. The maximum Gasteiger partial charge on any atom is 0.335 e. The highest BCUT2D eigenvalue weighted by molar-refractivity contribution is 7.99. The van der Waals surface area contributed by atoms with Gasteiger partial charge in [-0.05, 0) is 58.0 Å². The average Bonchev–Trinajstić information content (AvgIpc) is 3.22. The third-order valence-corrected chi connectivity index (χ3v) is 5.80. The third kappa shape index (κ3) is 4.31. The summed E-state index contributed by atoms with van der Waals surface area (Å²) in [6.07, 6.45) is 0. The van der Waals surface area contributed by atoms with Crippen LogP contribution in [0.2, 0.25) is 5.02 Å². The fraction of sp³-hybridized carbons (Fsp3) is 0.0476. The van der Waals surface area contributed by atoms with E-state index in [0.29, 0.717) is 15.9 Å². The summed E-state index contributed by atoms with van der Waals surface area (Å²) in [6.45, 7) is 0. The van der Waals surface area contributed by atoms with Gasteiger partial charge in [-0.25, -0.2) is 4.79 Å². The van der Waals surface area contributed by atoms with E-state index in [-0.39, 0.29) is 10.8 Å². The second kappa shape index (κ2) is 8.46. The number of hydrogen-bond acceptors (Lipinski definition) is 5. The van der Waals surface area contributed by atoms with Crippen LogP contribution in [0.1, 0.15) is 26.7 Å². The monoisotopic (exact) mass is 422 g/mol. The number of benzene rings is 3. The Balaban J connectivity index is 1.69. The lowest BCUT2D eigenvalue weighted by Crippen LogP contribution is -2.03. The lowest BCUT2D eigenvalue weighted by molar-refractivity contribution is 0.0697. The molecule has 0 radical (unpaired) electrons. The SMILES string of the molecule is O=C(O)c1ccc(-n2nnnc2S[C@H](c2ccccc2)c2ccc(Cl)cc2)cc1. The predicted octanol–water partition coefficient (Wildman–Crippen LogP) is 4.90. The van der Waals surface area contributed by atoms with Gasteiger partial charge in [-0.2, -0.15) is 4.68 Å². The van der Waals surface area contributed by atoms with Crippen molar-refractivity contribution in [3.63, 3.8) is 0 Å². The molecular formula is C21H15ClN4O2S. The molecule has 0 spiro atoms. The number of rotatable bonds is 6. The molecule has 1 atom stereocenters. The van der Waals surface area contributed by atoms with Crippen LogP contribution in [0.15, 0.2) is 84.0 Å². The summed E-state index contributed by atoms with van der Waals surface area (Å²) in [4.78, 5) is 11.1. The molecule has 0 unspecified atom stereocenters. The summed E-state index contributed by atoms with van der Waals surface area (Å²) in [5, 5.41) is 22.4. The maximum atomic E-state index is 11.1. The van der Waals surface area contributed by atoms with Crippen molar-refractivity contribution >= 4 is 29.3 Å². The van der Waals surface area contributed by atoms with Crippen LogP contribution >= 0.6 is 23.4 Å².